The van der Waals surface area contributed by atoms with Crippen molar-refractivity contribution >= 4 is 5.91 Å². The summed E-state index contributed by atoms with van der Waals surface area (Å²) in [5.74, 6) is 2.17. The number of amides is 1. The van der Waals surface area contributed by atoms with Crippen LogP contribution in [0.25, 0.3) is 0 Å². The topological polar surface area (TPSA) is 35.6 Å². The molecule has 3 unspecified atom stereocenters. The van der Waals surface area contributed by atoms with E-state index in [9.17, 15) is 4.79 Å². The smallest absolute Gasteiger partial charge is 0.222 e. The van der Waals surface area contributed by atoms with Crippen molar-refractivity contribution in [3.8, 4) is 0 Å². The van der Waals surface area contributed by atoms with E-state index in [0.717, 1.165) is 57.4 Å². The van der Waals surface area contributed by atoms with Crippen molar-refractivity contribution in [2.45, 2.75) is 89.1 Å². The molecular weight excluding hydrogens is 322 g/mol. The highest BCUT2D eigenvalue weighted by Crippen LogP contribution is 2.36. The van der Waals surface area contributed by atoms with Crippen LogP contribution in [0.5, 0.6) is 0 Å². The first-order valence-corrected chi connectivity index (χ1v) is 11.6. The lowest BCUT2D eigenvalue weighted by atomic mass is 9.78. The van der Waals surface area contributed by atoms with Gasteiger partial charge in [-0.3, -0.25) is 9.69 Å². The van der Waals surface area contributed by atoms with Gasteiger partial charge in [0.1, 0.15) is 0 Å². The van der Waals surface area contributed by atoms with Gasteiger partial charge < -0.3 is 10.2 Å². The van der Waals surface area contributed by atoms with Crippen molar-refractivity contribution in [2.75, 3.05) is 32.7 Å². The van der Waals surface area contributed by atoms with E-state index in [4.69, 9.17) is 0 Å². The zero-order chi connectivity index (χ0) is 17.8. The number of piperidine rings is 1. The lowest BCUT2D eigenvalue weighted by molar-refractivity contribution is -0.140. The third kappa shape index (κ3) is 4.44. The van der Waals surface area contributed by atoms with Crippen molar-refractivity contribution in [3.05, 3.63) is 0 Å². The number of carbonyl (C=O) groups excluding carboxylic acids is 1. The van der Waals surface area contributed by atoms with Crippen molar-refractivity contribution in [2.24, 2.45) is 11.8 Å². The molecule has 0 bridgehead atoms. The molecule has 2 aliphatic heterocycles. The Kier molecular flexibility index (Phi) is 6.53. The first-order valence-electron chi connectivity index (χ1n) is 11.6. The Morgan fingerprint density at radius 3 is 2.62 bits per heavy atom. The van der Waals surface area contributed by atoms with Crippen LogP contribution in [-0.2, 0) is 4.79 Å². The molecule has 26 heavy (non-hydrogen) atoms. The number of rotatable bonds is 5. The Bertz CT molecular complexity index is 462. The number of piperazine rings is 1. The Hall–Kier alpha value is -0.610. The number of likely N-dealkylation sites (tertiary alicyclic amines) is 1. The van der Waals surface area contributed by atoms with Crippen molar-refractivity contribution in [1.29, 1.82) is 0 Å². The number of carbonyl (C=O) groups is 1. The van der Waals surface area contributed by atoms with E-state index in [0.29, 0.717) is 18.0 Å². The number of hydrogen-bond donors (Lipinski definition) is 1. The van der Waals surface area contributed by atoms with E-state index in [-0.39, 0.29) is 0 Å². The lowest BCUT2D eigenvalue weighted by Gasteiger charge is -2.45. The summed E-state index contributed by atoms with van der Waals surface area (Å²) in [6, 6.07) is 1.25. The molecule has 2 saturated carbocycles. The highest BCUT2D eigenvalue weighted by atomic mass is 16.2. The second kappa shape index (κ2) is 9.05. The molecule has 4 nitrogen and oxygen atoms in total. The number of nitrogens with one attached hydrogen (secondary N) is 1. The van der Waals surface area contributed by atoms with Crippen LogP contribution in [0, 0.1) is 11.8 Å². The van der Waals surface area contributed by atoms with Crippen molar-refractivity contribution in [1.82, 2.24) is 15.1 Å². The Labute approximate surface area is 160 Å². The first-order chi connectivity index (χ1) is 12.8. The summed E-state index contributed by atoms with van der Waals surface area (Å²) in [7, 11) is 0. The molecule has 1 amide bonds. The van der Waals surface area contributed by atoms with Gasteiger partial charge in [0.25, 0.3) is 0 Å². The highest BCUT2D eigenvalue weighted by Gasteiger charge is 2.37. The standard InChI is InChI=1S/C22H39N3O/c26-22-11-10-19-8-4-5-9-21(19)25(22)15-14-24-13-12-23-17-20(24)16-18-6-2-1-3-7-18/h18-21,23H,1-17H2. The molecule has 0 aromatic rings. The Morgan fingerprint density at radius 2 is 1.73 bits per heavy atom. The molecule has 4 rings (SSSR count). The molecule has 3 atom stereocenters. The molecule has 2 aliphatic carbocycles. The lowest BCUT2D eigenvalue weighted by Crippen LogP contribution is -2.56. The predicted octanol–water partition coefficient (Wildman–Crippen LogP) is 3.41. The Balaban J connectivity index is 1.32. The SMILES string of the molecule is O=C1CCC2CCCCC2N1CCN1CCNCC1CC1CCCCC1. The van der Waals surface area contributed by atoms with Crippen LogP contribution >= 0.6 is 0 Å². The van der Waals surface area contributed by atoms with E-state index < -0.39 is 0 Å². The van der Waals surface area contributed by atoms with Crippen LogP contribution in [0.1, 0.15) is 77.0 Å². The molecule has 0 radical (unpaired) electrons. The zero-order valence-electron chi connectivity index (χ0n) is 16.6. The average molecular weight is 362 g/mol. The minimum Gasteiger partial charge on any atom is -0.338 e. The molecule has 1 N–H and O–H groups in total. The second-order valence-electron chi connectivity index (χ2n) is 9.37. The normalized spacial score (nSPS) is 34.7. The summed E-state index contributed by atoms with van der Waals surface area (Å²) in [4.78, 5) is 17.6. The van der Waals surface area contributed by atoms with Gasteiger partial charge in [0.2, 0.25) is 5.91 Å². The van der Waals surface area contributed by atoms with Crippen LogP contribution in [-0.4, -0.2) is 60.5 Å². The number of nitrogens with zero attached hydrogens (tertiary/aromatic N) is 2. The summed E-state index contributed by atoms with van der Waals surface area (Å²) in [5.41, 5.74) is 0. The van der Waals surface area contributed by atoms with Crippen LogP contribution in [0.3, 0.4) is 0 Å². The maximum absolute atomic E-state index is 12.6. The maximum Gasteiger partial charge on any atom is 0.222 e. The zero-order valence-corrected chi connectivity index (χ0v) is 16.6. The molecule has 0 aromatic heterocycles. The molecule has 0 aromatic carbocycles. The van der Waals surface area contributed by atoms with Crippen LogP contribution in [0.15, 0.2) is 0 Å². The Morgan fingerprint density at radius 1 is 0.923 bits per heavy atom. The summed E-state index contributed by atoms with van der Waals surface area (Å²) in [6.45, 7) is 5.49. The number of fused-ring (bicyclic) bond motifs is 1. The van der Waals surface area contributed by atoms with E-state index >= 15 is 0 Å². The second-order valence-corrected chi connectivity index (χ2v) is 9.37. The third-order valence-electron chi connectivity index (χ3n) is 7.75. The molecule has 2 saturated heterocycles. The van der Waals surface area contributed by atoms with E-state index in [1.165, 1.54) is 64.2 Å². The maximum atomic E-state index is 12.6. The summed E-state index contributed by atoms with van der Waals surface area (Å²) in [5, 5.41) is 3.62. The quantitative estimate of drug-likeness (QED) is 0.815. The van der Waals surface area contributed by atoms with Gasteiger partial charge in [0.05, 0.1) is 0 Å². The van der Waals surface area contributed by atoms with Gasteiger partial charge in [-0.1, -0.05) is 44.9 Å². The van der Waals surface area contributed by atoms with Gasteiger partial charge in [-0.2, -0.15) is 0 Å². The molecule has 4 aliphatic rings. The minimum atomic E-state index is 0.437. The molecule has 2 heterocycles. The first kappa shape index (κ1) is 18.7. The minimum absolute atomic E-state index is 0.437. The van der Waals surface area contributed by atoms with Gasteiger partial charge in [-0.05, 0) is 37.5 Å². The summed E-state index contributed by atoms with van der Waals surface area (Å²) < 4.78 is 0. The summed E-state index contributed by atoms with van der Waals surface area (Å²) >= 11 is 0. The largest absolute Gasteiger partial charge is 0.338 e. The van der Waals surface area contributed by atoms with Gasteiger partial charge in [-0.15, -0.1) is 0 Å². The van der Waals surface area contributed by atoms with Crippen LogP contribution < -0.4 is 5.32 Å². The number of hydrogen-bond acceptors (Lipinski definition) is 3. The molecule has 148 valence electrons. The molecule has 4 fully saturated rings. The molecular formula is C22H39N3O. The van der Waals surface area contributed by atoms with E-state index in [2.05, 4.69) is 15.1 Å². The van der Waals surface area contributed by atoms with Crippen molar-refractivity contribution < 1.29 is 4.79 Å². The van der Waals surface area contributed by atoms with Gasteiger partial charge in [0, 0.05) is 51.2 Å². The average Bonchev–Trinajstić information content (AvgIpc) is 2.69. The molecule has 0 spiro atoms. The fourth-order valence-electron chi connectivity index (χ4n) is 6.24. The third-order valence-corrected chi connectivity index (χ3v) is 7.75. The van der Waals surface area contributed by atoms with E-state index in [1.54, 1.807) is 0 Å². The highest BCUT2D eigenvalue weighted by molar-refractivity contribution is 5.77. The van der Waals surface area contributed by atoms with Gasteiger partial charge >= 0.3 is 0 Å². The van der Waals surface area contributed by atoms with E-state index in [1.807, 2.05) is 0 Å². The molecule has 4 heteroatoms. The van der Waals surface area contributed by atoms with Gasteiger partial charge in [-0.25, -0.2) is 0 Å². The van der Waals surface area contributed by atoms with Crippen LogP contribution in [0.2, 0.25) is 0 Å². The predicted molar refractivity (Wildman–Crippen MR) is 106 cm³/mol. The fourth-order valence-corrected chi connectivity index (χ4v) is 6.24. The monoisotopic (exact) mass is 361 g/mol. The fraction of sp³-hybridized carbons (Fsp3) is 0.955. The van der Waals surface area contributed by atoms with Crippen molar-refractivity contribution in [3.63, 3.8) is 0 Å². The summed E-state index contributed by atoms with van der Waals surface area (Å²) in [6.07, 6.45) is 15.8. The van der Waals surface area contributed by atoms with Crippen LogP contribution in [0.4, 0.5) is 0 Å². The van der Waals surface area contributed by atoms with Gasteiger partial charge in [0.15, 0.2) is 0 Å².